The Bertz CT molecular complexity index is 344. The zero-order valence-corrected chi connectivity index (χ0v) is 13.9. The molecule has 0 heterocycles. The Morgan fingerprint density at radius 2 is 1.71 bits per heavy atom. The van der Waals surface area contributed by atoms with Crippen molar-refractivity contribution < 1.29 is 24.2 Å². The maximum absolute atomic E-state index is 11.9. The van der Waals surface area contributed by atoms with Crippen LogP contribution in [0.25, 0.3) is 0 Å². The molecule has 21 heavy (non-hydrogen) atoms. The molecular weight excluding hydrogens is 276 g/mol. The second-order valence-electron chi connectivity index (χ2n) is 6.59. The first-order valence-corrected chi connectivity index (χ1v) is 6.99. The van der Waals surface area contributed by atoms with E-state index >= 15 is 0 Å². The van der Waals surface area contributed by atoms with Crippen molar-refractivity contribution in [1.82, 2.24) is 10.2 Å². The third-order valence-electron chi connectivity index (χ3n) is 2.35. The molecule has 0 unspecified atom stereocenters. The zero-order valence-electron chi connectivity index (χ0n) is 13.9. The van der Waals surface area contributed by atoms with E-state index in [2.05, 4.69) is 5.32 Å². The van der Waals surface area contributed by atoms with E-state index in [-0.39, 0.29) is 26.3 Å². The first kappa shape index (κ1) is 19.5. The Morgan fingerprint density at radius 1 is 1.14 bits per heavy atom. The van der Waals surface area contributed by atoms with Gasteiger partial charge in [-0.1, -0.05) is 0 Å². The number of aliphatic hydroxyl groups excluding tert-OH is 1. The van der Waals surface area contributed by atoms with Gasteiger partial charge >= 0.3 is 12.2 Å². The molecule has 7 heteroatoms. The molecule has 0 aliphatic rings. The van der Waals surface area contributed by atoms with Crippen LogP contribution >= 0.6 is 0 Å². The number of alkyl carbamates (subject to hydrolysis) is 1. The highest BCUT2D eigenvalue weighted by molar-refractivity contribution is 5.69. The highest BCUT2D eigenvalue weighted by Gasteiger charge is 2.27. The van der Waals surface area contributed by atoms with Crippen LogP contribution in [0.2, 0.25) is 0 Å². The van der Waals surface area contributed by atoms with E-state index in [1.165, 1.54) is 4.90 Å². The number of nitrogens with zero attached hydrogens (tertiary/aromatic N) is 1. The van der Waals surface area contributed by atoms with Crippen LogP contribution in [-0.2, 0) is 9.47 Å². The quantitative estimate of drug-likeness (QED) is 0.807. The Balaban J connectivity index is 4.38. The van der Waals surface area contributed by atoms with Crippen molar-refractivity contribution in [3.05, 3.63) is 0 Å². The van der Waals surface area contributed by atoms with Gasteiger partial charge in [-0.25, -0.2) is 9.59 Å². The van der Waals surface area contributed by atoms with E-state index in [4.69, 9.17) is 14.6 Å². The number of hydrogen-bond acceptors (Lipinski definition) is 5. The van der Waals surface area contributed by atoms with Crippen LogP contribution in [0.5, 0.6) is 0 Å². The van der Waals surface area contributed by atoms with E-state index < -0.39 is 23.3 Å². The predicted molar refractivity (Wildman–Crippen MR) is 79.1 cm³/mol. The fourth-order valence-electron chi connectivity index (χ4n) is 1.50. The molecule has 2 N–H and O–H groups in total. The number of rotatable bonds is 5. The van der Waals surface area contributed by atoms with Gasteiger partial charge in [-0.3, -0.25) is 0 Å². The van der Waals surface area contributed by atoms with Gasteiger partial charge in [-0.15, -0.1) is 0 Å². The molecule has 0 aromatic heterocycles. The molecule has 0 fully saturated rings. The third-order valence-corrected chi connectivity index (χ3v) is 2.35. The Labute approximate surface area is 126 Å². The molecular formula is C14H28N2O5. The monoisotopic (exact) mass is 304 g/mol. The average molecular weight is 304 g/mol. The lowest BCUT2D eigenvalue weighted by Crippen LogP contribution is -2.49. The summed E-state index contributed by atoms with van der Waals surface area (Å²) in [5.41, 5.74) is -1.02. The van der Waals surface area contributed by atoms with Crippen molar-refractivity contribution >= 4 is 12.2 Å². The van der Waals surface area contributed by atoms with Gasteiger partial charge in [0, 0.05) is 18.6 Å². The van der Waals surface area contributed by atoms with E-state index in [0.29, 0.717) is 0 Å². The maximum atomic E-state index is 11.9. The molecule has 0 aromatic carbocycles. The third kappa shape index (κ3) is 9.12. The second kappa shape index (κ2) is 8.07. The van der Waals surface area contributed by atoms with Crippen LogP contribution in [0, 0.1) is 0 Å². The number of amides is 2. The molecule has 0 atom stereocenters. The molecule has 0 aromatic rings. The number of carbonyl (C=O) groups excluding carboxylic acids is 2. The molecule has 0 aliphatic heterocycles. The number of ether oxygens (including phenoxy) is 2. The normalized spacial score (nSPS) is 11.8. The van der Waals surface area contributed by atoms with Crippen molar-refractivity contribution in [3.63, 3.8) is 0 Å². The SMILES string of the molecule is CC(C)(C)OC(=O)NCCN(C(=O)OCCO)C(C)(C)C. The lowest BCUT2D eigenvalue weighted by Gasteiger charge is -2.34. The summed E-state index contributed by atoms with van der Waals surface area (Å²) in [7, 11) is 0. The predicted octanol–water partition coefficient (Wildman–Crippen LogP) is 1.74. The van der Waals surface area contributed by atoms with Crippen molar-refractivity contribution in [2.75, 3.05) is 26.3 Å². The Kier molecular flexibility index (Phi) is 7.49. The molecule has 0 rings (SSSR count). The summed E-state index contributed by atoms with van der Waals surface area (Å²) >= 11 is 0. The molecule has 0 radical (unpaired) electrons. The molecule has 0 bridgehead atoms. The maximum Gasteiger partial charge on any atom is 0.410 e. The van der Waals surface area contributed by atoms with E-state index in [1.54, 1.807) is 20.8 Å². The topological polar surface area (TPSA) is 88.1 Å². The van der Waals surface area contributed by atoms with Crippen molar-refractivity contribution in [2.24, 2.45) is 0 Å². The zero-order chi connectivity index (χ0) is 16.7. The van der Waals surface area contributed by atoms with Gasteiger partial charge in [0.2, 0.25) is 0 Å². The van der Waals surface area contributed by atoms with Gasteiger partial charge in [-0.2, -0.15) is 0 Å². The summed E-state index contributed by atoms with van der Waals surface area (Å²) in [4.78, 5) is 24.9. The number of nitrogens with one attached hydrogen (secondary N) is 1. The number of carbonyl (C=O) groups is 2. The molecule has 2 amide bonds. The van der Waals surface area contributed by atoms with Crippen molar-refractivity contribution in [3.8, 4) is 0 Å². The second-order valence-corrected chi connectivity index (χ2v) is 6.59. The minimum atomic E-state index is -0.562. The van der Waals surface area contributed by atoms with Gasteiger partial charge in [0.05, 0.1) is 6.61 Å². The van der Waals surface area contributed by atoms with Crippen LogP contribution < -0.4 is 5.32 Å². The standard InChI is InChI=1S/C14H28N2O5/c1-13(2,3)16(12(19)20-10-9-17)8-7-15-11(18)21-14(4,5)6/h17H,7-10H2,1-6H3,(H,15,18). The van der Waals surface area contributed by atoms with Crippen LogP contribution in [0.15, 0.2) is 0 Å². The highest BCUT2D eigenvalue weighted by Crippen LogP contribution is 2.14. The summed E-state index contributed by atoms with van der Waals surface area (Å²) in [6, 6.07) is 0. The van der Waals surface area contributed by atoms with Crippen LogP contribution in [-0.4, -0.2) is 59.6 Å². The van der Waals surface area contributed by atoms with Gasteiger partial charge in [0.15, 0.2) is 0 Å². The minimum Gasteiger partial charge on any atom is -0.447 e. The van der Waals surface area contributed by atoms with Gasteiger partial charge in [-0.05, 0) is 41.5 Å². The summed E-state index contributed by atoms with van der Waals surface area (Å²) in [6.07, 6.45) is -1.05. The largest absolute Gasteiger partial charge is 0.447 e. The fraction of sp³-hybridized carbons (Fsp3) is 0.857. The summed E-state index contributed by atoms with van der Waals surface area (Å²) in [6.45, 7) is 11.2. The average Bonchev–Trinajstić information content (AvgIpc) is 2.27. The van der Waals surface area contributed by atoms with Crippen LogP contribution in [0.1, 0.15) is 41.5 Å². The minimum absolute atomic E-state index is 0.0507. The van der Waals surface area contributed by atoms with Crippen molar-refractivity contribution in [2.45, 2.75) is 52.7 Å². The van der Waals surface area contributed by atoms with Crippen LogP contribution in [0.4, 0.5) is 9.59 Å². The summed E-state index contributed by atoms with van der Waals surface area (Å²) < 4.78 is 10.0. The number of hydrogen-bond donors (Lipinski definition) is 2. The molecule has 124 valence electrons. The first-order chi connectivity index (χ1) is 9.47. The molecule has 0 spiro atoms. The first-order valence-electron chi connectivity index (χ1n) is 6.99. The lowest BCUT2D eigenvalue weighted by molar-refractivity contribution is 0.0457. The number of aliphatic hydroxyl groups is 1. The lowest BCUT2D eigenvalue weighted by atomic mass is 10.1. The molecule has 0 aliphatic carbocycles. The molecule has 0 saturated carbocycles. The molecule has 0 saturated heterocycles. The van der Waals surface area contributed by atoms with Gasteiger partial charge < -0.3 is 24.8 Å². The van der Waals surface area contributed by atoms with Crippen molar-refractivity contribution in [1.29, 1.82) is 0 Å². The van der Waals surface area contributed by atoms with Gasteiger partial charge in [0.25, 0.3) is 0 Å². The highest BCUT2D eigenvalue weighted by atomic mass is 16.6. The van der Waals surface area contributed by atoms with E-state index in [0.717, 1.165) is 0 Å². The summed E-state index contributed by atoms with van der Waals surface area (Å²) in [5.74, 6) is 0. The van der Waals surface area contributed by atoms with E-state index in [1.807, 2.05) is 20.8 Å². The smallest absolute Gasteiger partial charge is 0.410 e. The molecule has 7 nitrogen and oxygen atoms in total. The van der Waals surface area contributed by atoms with Crippen LogP contribution in [0.3, 0.4) is 0 Å². The Hall–Kier alpha value is -1.50. The van der Waals surface area contributed by atoms with E-state index in [9.17, 15) is 9.59 Å². The fourth-order valence-corrected chi connectivity index (χ4v) is 1.50. The Morgan fingerprint density at radius 3 is 2.14 bits per heavy atom. The summed E-state index contributed by atoms with van der Waals surface area (Å²) in [5, 5.41) is 11.3. The van der Waals surface area contributed by atoms with Gasteiger partial charge in [0.1, 0.15) is 12.2 Å².